The van der Waals surface area contributed by atoms with Crippen LogP contribution in [0.2, 0.25) is 0 Å². The average molecular weight is 438 g/mol. The Morgan fingerprint density at radius 2 is 1.74 bits per heavy atom. The van der Waals surface area contributed by atoms with Gasteiger partial charge in [-0.3, -0.25) is 9.78 Å². The molecule has 1 aromatic rings. The first-order valence-electron chi connectivity index (χ1n) is 11.7. The van der Waals surface area contributed by atoms with Crippen molar-refractivity contribution in [3.63, 3.8) is 0 Å². The molecule has 0 bridgehead atoms. The number of hydrogen-bond acceptors (Lipinski definition) is 4. The maximum Gasteiger partial charge on any atom is 0.210 e. The smallest absolute Gasteiger partial charge is 0.210 e. The van der Waals surface area contributed by atoms with E-state index in [4.69, 9.17) is 10.5 Å². The van der Waals surface area contributed by atoms with E-state index in [9.17, 15) is 4.79 Å². The van der Waals surface area contributed by atoms with Gasteiger partial charge in [-0.2, -0.15) is 0 Å². The lowest BCUT2D eigenvalue weighted by Gasteiger charge is -2.27. The van der Waals surface area contributed by atoms with Crippen molar-refractivity contribution in [3.8, 4) is 0 Å². The van der Waals surface area contributed by atoms with Crippen molar-refractivity contribution >= 4 is 6.41 Å². The Labute approximate surface area is 193 Å². The lowest BCUT2D eigenvalue weighted by atomic mass is 9.87. The third-order valence-electron chi connectivity index (χ3n) is 5.17. The Morgan fingerprint density at radius 3 is 2.03 bits per heavy atom. The first-order chi connectivity index (χ1) is 14.2. The second-order valence-electron chi connectivity index (χ2n) is 10.3. The van der Waals surface area contributed by atoms with Crippen LogP contribution in [0.1, 0.15) is 113 Å². The van der Waals surface area contributed by atoms with Gasteiger partial charge in [0.05, 0.1) is 11.3 Å². The molecule has 2 N–H and O–H groups in total. The molecule has 31 heavy (non-hydrogen) atoms. The molecule has 1 aromatic heterocycles. The quantitative estimate of drug-likeness (QED) is 0.566. The van der Waals surface area contributed by atoms with E-state index in [0.29, 0.717) is 0 Å². The minimum atomic E-state index is 0.0417. The van der Waals surface area contributed by atoms with Crippen molar-refractivity contribution in [2.75, 3.05) is 13.7 Å². The summed E-state index contributed by atoms with van der Waals surface area (Å²) in [5.41, 5.74) is 8.58. The number of nitrogens with two attached hydrogens (primary N) is 1. The molecule has 1 aliphatic rings. The van der Waals surface area contributed by atoms with Gasteiger partial charge in [-0.1, -0.05) is 41.5 Å². The zero-order chi connectivity index (χ0) is 24.9. The van der Waals surface area contributed by atoms with Gasteiger partial charge in [-0.05, 0) is 77.0 Å². The molecule has 0 spiro atoms. The standard InChI is InChI=1S/C12H20N2.C7H13NO.C5H12O.C2H6/c1-5-10(13)11-8-9(6-7-14-11)12(2,3)4;1-7(2)4-3-5-8(7)6-9;1-5(2,3)6-4;1-2/h6-8,10H,5,13H2,1-4H3;6H,3-5H2,1-2H3;1-4H3;1-2H3. The van der Waals surface area contributed by atoms with Crippen LogP contribution in [0, 0.1) is 0 Å². The Morgan fingerprint density at radius 1 is 1.23 bits per heavy atom. The summed E-state index contributed by atoms with van der Waals surface area (Å²) in [6, 6.07) is 4.25. The first kappa shape index (κ1) is 31.7. The normalized spacial score (nSPS) is 16.0. The van der Waals surface area contributed by atoms with E-state index in [1.165, 1.54) is 5.56 Å². The molecule has 1 saturated heterocycles. The van der Waals surface area contributed by atoms with E-state index in [2.05, 4.69) is 58.7 Å². The second kappa shape index (κ2) is 14.6. The lowest BCUT2D eigenvalue weighted by molar-refractivity contribution is -0.120. The van der Waals surface area contributed by atoms with E-state index < -0.39 is 0 Å². The number of aromatic nitrogens is 1. The van der Waals surface area contributed by atoms with E-state index in [1.54, 1.807) is 7.11 Å². The summed E-state index contributed by atoms with van der Waals surface area (Å²) in [5.74, 6) is 0. The number of ether oxygens (including phenoxy) is 1. The summed E-state index contributed by atoms with van der Waals surface area (Å²) in [4.78, 5) is 16.5. The van der Waals surface area contributed by atoms with Gasteiger partial charge in [0.1, 0.15) is 0 Å². The number of pyridine rings is 1. The molecule has 1 atom stereocenters. The number of rotatable bonds is 3. The number of carbonyl (C=O) groups excluding carboxylic acids is 1. The van der Waals surface area contributed by atoms with E-state index in [-0.39, 0.29) is 22.6 Å². The molecule has 5 nitrogen and oxygen atoms in total. The number of amides is 1. The molecule has 2 heterocycles. The van der Waals surface area contributed by atoms with Crippen LogP contribution >= 0.6 is 0 Å². The van der Waals surface area contributed by atoms with Crippen LogP contribution < -0.4 is 5.73 Å². The molecule has 0 aromatic carbocycles. The minimum Gasteiger partial charge on any atom is -0.379 e. The molecular weight excluding hydrogens is 386 g/mol. The van der Waals surface area contributed by atoms with Crippen LogP contribution in [-0.2, 0) is 14.9 Å². The highest BCUT2D eigenvalue weighted by Gasteiger charge is 2.30. The largest absolute Gasteiger partial charge is 0.379 e. The van der Waals surface area contributed by atoms with Crippen molar-refractivity contribution < 1.29 is 9.53 Å². The predicted molar refractivity (Wildman–Crippen MR) is 134 cm³/mol. The van der Waals surface area contributed by atoms with Gasteiger partial charge in [-0.25, -0.2) is 0 Å². The molecule has 5 heteroatoms. The van der Waals surface area contributed by atoms with Crippen molar-refractivity contribution in [1.29, 1.82) is 0 Å². The molecule has 182 valence electrons. The van der Waals surface area contributed by atoms with Gasteiger partial charge >= 0.3 is 0 Å². The zero-order valence-electron chi connectivity index (χ0n) is 22.5. The summed E-state index contributed by atoms with van der Waals surface area (Å²) in [6.45, 7) is 23.9. The number of hydrogen-bond donors (Lipinski definition) is 1. The summed E-state index contributed by atoms with van der Waals surface area (Å²) in [5, 5.41) is 0. The molecule has 0 radical (unpaired) electrons. The Kier molecular flexibility index (Phi) is 14.9. The number of methoxy groups -OCH3 is 1. The van der Waals surface area contributed by atoms with Gasteiger partial charge in [0, 0.05) is 31.4 Å². The fraction of sp³-hybridized carbons (Fsp3) is 0.769. The molecule has 2 rings (SSSR count). The van der Waals surface area contributed by atoms with Crippen LogP contribution in [0.15, 0.2) is 18.3 Å². The van der Waals surface area contributed by atoms with Gasteiger partial charge in [-0.15, -0.1) is 0 Å². The molecule has 0 saturated carbocycles. The van der Waals surface area contributed by atoms with Crippen LogP contribution in [0.5, 0.6) is 0 Å². The minimum absolute atomic E-state index is 0.0417. The Bertz CT molecular complexity index is 601. The maximum absolute atomic E-state index is 10.3. The van der Waals surface area contributed by atoms with Crippen LogP contribution in [0.3, 0.4) is 0 Å². The fourth-order valence-corrected chi connectivity index (χ4v) is 2.65. The molecule has 1 amide bonds. The average Bonchev–Trinajstić information content (AvgIpc) is 3.07. The highest BCUT2D eigenvalue weighted by Crippen LogP contribution is 2.26. The summed E-state index contributed by atoms with van der Waals surface area (Å²) >= 11 is 0. The predicted octanol–water partition coefficient (Wildman–Crippen LogP) is 6.26. The third-order valence-corrected chi connectivity index (χ3v) is 5.17. The number of carbonyl (C=O) groups is 1. The maximum atomic E-state index is 10.3. The Balaban J connectivity index is 0. The molecular formula is C26H51N3O2. The molecule has 1 unspecified atom stereocenters. The summed E-state index contributed by atoms with van der Waals surface area (Å²) in [6.07, 6.45) is 6.04. The lowest BCUT2D eigenvalue weighted by Crippen LogP contribution is -2.36. The van der Waals surface area contributed by atoms with Crippen molar-refractivity contribution in [3.05, 3.63) is 29.6 Å². The van der Waals surface area contributed by atoms with Crippen LogP contribution in [0.25, 0.3) is 0 Å². The molecule has 1 fully saturated rings. The number of likely N-dealkylation sites (tertiary alicyclic amines) is 1. The first-order valence-corrected chi connectivity index (χ1v) is 11.7. The highest BCUT2D eigenvalue weighted by molar-refractivity contribution is 5.49. The van der Waals surface area contributed by atoms with E-state index >= 15 is 0 Å². The van der Waals surface area contributed by atoms with Crippen LogP contribution in [0.4, 0.5) is 0 Å². The third kappa shape index (κ3) is 13.5. The van der Waals surface area contributed by atoms with Crippen molar-refractivity contribution in [2.24, 2.45) is 5.73 Å². The topological polar surface area (TPSA) is 68.5 Å². The highest BCUT2D eigenvalue weighted by atomic mass is 16.5. The molecule has 0 aliphatic carbocycles. The van der Waals surface area contributed by atoms with Crippen LogP contribution in [-0.4, -0.2) is 41.1 Å². The van der Waals surface area contributed by atoms with E-state index in [0.717, 1.165) is 37.9 Å². The monoisotopic (exact) mass is 437 g/mol. The van der Waals surface area contributed by atoms with Gasteiger partial charge in [0.25, 0.3) is 0 Å². The zero-order valence-corrected chi connectivity index (χ0v) is 22.5. The van der Waals surface area contributed by atoms with Gasteiger partial charge in [0.2, 0.25) is 6.41 Å². The fourth-order valence-electron chi connectivity index (χ4n) is 2.65. The second-order valence-corrected chi connectivity index (χ2v) is 10.3. The molecule has 1 aliphatic heterocycles. The van der Waals surface area contributed by atoms with Gasteiger partial charge in [0.15, 0.2) is 0 Å². The van der Waals surface area contributed by atoms with Gasteiger partial charge < -0.3 is 15.4 Å². The van der Waals surface area contributed by atoms with E-state index in [1.807, 2.05) is 45.7 Å². The Hall–Kier alpha value is -1.46. The number of nitrogens with zero attached hydrogens (tertiary/aromatic N) is 2. The SMILES string of the molecule is CC.CC1(C)CCCN1C=O.CCC(N)c1cc(C(C)(C)C)ccn1.COC(C)(C)C. The summed E-state index contributed by atoms with van der Waals surface area (Å²) < 4.78 is 4.94. The summed E-state index contributed by atoms with van der Waals surface area (Å²) in [7, 11) is 1.71. The van der Waals surface area contributed by atoms with Crippen molar-refractivity contribution in [1.82, 2.24) is 9.88 Å². The van der Waals surface area contributed by atoms with Crippen molar-refractivity contribution in [2.45, 2.75) is 118 Å².